The third-order valence-corrected chi connectivity index (χ3v) is 8.61. The Balaban J connectivity index is 1.27. The van der Waals surface area contributed by atoms with Gasteiger partial charge in [-0.25, -0.2) is 9.69 Å². The molecule has 3 heterocycles. The molecule has 236 valence electrons. The summed E-state index contributed by atoms with van der Waals surface area (Å²) < 4.78 is 18.5. The highest BCUT2D eigenvalue weighted by atomic mass is 16.5. The molecule has 7 rings (SSSR count). The Hall–Kier alpha value is -5.83. The molecule has 5 aromatic rings. The zero-order valence-electron chi connectivity index (χ0n) is 26.8. The summed E-state index contributed by atoms with van der Waals surface area (Å²) in [6.45, 7) is 2.67. The van der Waals surface area contributed by atoms with Crippen LogP contribution in [0.5, 0.6) is 17.2 Å². The Morgan fingerprint density at radius 2 is 1.57 bits per heavy atom. The second kappa shape index (κ2) is 12.5. The van der Waals surface area contributed by atoms with Gasteiger partial charge in [0, 0.05) is 29.4 Å². The van der Waals surface area contributed by atoms with Gasteiger partial charge in [-0.15, -0.1) is 5.10 Å². The van der Waals surface area contributed by atoms with Crippen LogP contribution >= 0.6 is 0 Å². The van der Waals surface area contributed by atoms with Crippen LogP contribution in [0.3, 0.4) is 0 Å². The molecule has 9 heteroatoms. The molecule has 0 aliphatic carbocycles. The van der Waals surface area contributed by atoms with Crippen molar-refractivity contribution >= 4 is 23.4 Å². The molecule has 9 nitrogen and oxygen atoms in total. The normalized spacial score (nSPS) is 15.3. The van der Waals surface area contributed by atoms with E-state index in [1.807, 2.05) is 88.7 Å². The lowest BCUT2D eigenvalue weighted by atomic mass is 9.95. The Labute approximate surface area is 273 Å². The molecule has 4 aromatic carbocycles. The number of anilines is 1. The minimum Gasteiger partial charge on any atom is -0.497 e. The maximum absolute atomic E-state index is 14.1. The number of para-hydroxylation sites is 1. The van der Waals surface area contributed by atoms with Gasteiger partial charge in [-0.3, -0.25) is 4.79 Å². The van der Waals surface area contributed by atoms with Gasteiger partial charge >= 0.3 is 0 Å². The SMILES string of the molecule is COc1ccc(N2N=C(C(=O)/C=C/c3cn(-c4ccccc4)nc3-c3ccc(C)cc3)N3CCc4cc(OC)c(OC)cc4C32)cc1. The van der Waals surface area contributed by atoms with Crippen molar-refractivity contribution in [1.82, 2.24) is 14.7 Å². The molecule has 0 radical (unpaired) electrons. The van der Waals surface area contributed by atoms with Gasteiger partial charge in [-0.05, 0) is 79.6 Å². The van der Waals surface area contributed by atoms with Crippen LogP contribution in [-0.4, -0.2) is 54.2 Å². The zero-order valence-corrected chi connectivity index (χ0v) is 26.8. The van der Waals surface area contributed by atoms with E-state index in [1.165, 1.54) is 0 Å². The van der Waals surface area contributed by atoms with E-state index in [4.69, 9.17) is 24.4 Å². The lowest BCUT2D eigenvalue weighted by Crippen LogP contribution is -2.42. The van der Waals surface area contributed by atoms with Crippen LogP contribution in [0.15, 0.2) is 108 Å². The number of nitrogens with zero attached hydrogens (tertiary/aromatic N) is 5. The largest absolute Gasteiger partial charge is 0.497 e. The van der Waals surface area contributed by atoms with E-state index in [9.17, 15) is 4.79 Å². The second-order valence-electron chi connectivity index (χ2n) is 11.5. The number of carbonyl (C=O) groups is 1. The number of aromatic nitrogens is 2. The molecular formula is C38H35N5O4. The molecule has 0 amide bonds. The van der Waals surface area contributed by atoms with E-state index in [-0.39, 0.29) is 11.9 Å². The maximum atomic E-state index is 14.1. The number of ketones is 1. The molecule has 1 aromatic heterocycles. The summed E-state index contributed by atoms with van der Waals surface area (Å²) in [5, 5.41) is 11.8. The van der Waals surface area contributed by atoms with Crippen molar-refractivity contribution in [3.05, 3.63) is 126 Å². The number of carbonyl (C=O) groups excluding carboxylic acids is 1. The molecule has 1 atom stereocenters. The number of benzene rings is 4. The van der Waals surface area contributed by atoms with E-state index in [1.54, 1.807) is 27.4 Å². The van der Waals surface area contributed by atoms with E-state index in [0.29, 0.717) is 23.9 Å². The number of amidine groups is 1. The van der Waals surface area contributed by atoms with Gasteiger partial charge in [-0.1, -0.05) is 48.0 Å². The average molecular weight is 626 g/mol. The lowest BCUT2D eigenvalue weighted by molar-refractivity contribution is -0.109. The van der Waals surface area contributed by atoms with Crippen molar-refractivity contribution in [2.24, 2.45) is 5.10 Å². The van der Waals surface area contributed by atoms with Crippen molar-refractivity contribution in [3.63, 3.8) is 0 Å². The minimum absolute atomic E-state index is 0.197. The van der Waals surface area contributed by atoms with Crippen molar-refractivity contribution in [2.45, 2.75) is 19.5 Å². The maximum Gasteiger partial charge on any atom is 0.222 e. The third-order valence-electron chi connectivity index (χ3n) is 8.61. The lowest BCUT2D eigenvalue weighted by Gasteiger charge is -2.37. The van der Waals surface area contributed by atoms with E-state index in [0.717, 1.165) is 57.1 Å². The summed E-state index contributed by atoms with van der Waals surface area (Å²) in [6, 6.07) is 29.9. The average Bonchev–Trinajstić information content (AvgIpc) is 3.73. The predicted molar refractivity (Wildman–Crippen MR) is 183 cm³/mol. The number of hydrogen-bond acceptors (Lipinski definition) is 8. The Bertz CT molecular complexity index is 1980. The first-order valence-corrected chi connectivity index (χ1v) is 15.4. The minimum atomic E-state index is -0.344. The Morgan fingerprint density at radius 1 is 0.851 bits per heavy atom. The van der Waals surface area contributed by atoms with Gasteiger partial charge in [0.25, 0.3) is 0 Å². The molecule has 0 saturated heterocycles. The fourth-order valence-corrected chi connectivity index (χ4v) is 6.15. The van der Waals surface area contributed by atoms with Gasteiger partial charge in [0.15, 0.2) is 23.5 Å². The monoisotopic (exact) mass is 625 g/mol. The van der Waals surface area contributed by atoms with Crippen LogP contribution in [0, 0.1) is 6.92 Å². The van der Waals surface area contributed by atoms with Crippen molar-refractivity contribution in [3.8, 4) is 34.2 Å². The van der Waals surface area contributed by atoms with Gasteiger partial charge < -0.3 is 19.1 Å². The predicted octanol–water partition coefficient (Wildman–Crippen LogP) is 6.85. The van der Waals surface area contributed by atoms with E-state index < -0.39 is 0 Å². The Morgan fingerprint density at radius 3 is 2.28 bits per heavy atom. The summed E-state index contributed by atoms with van der Waals surface area (Å²) in [7, 11) is 4.90. The van der Waals surface area contributed by atoms with Crippen molar-refractivity contribution in [2.75, 3.05) is 32.9 Å². The number of rotatable bonds is 9. The molecule has 0 bridgehead atoms. The summed E-state index contributed by atoms with van der Waals surface area (Å²) in [5.41, 5.74) is 7.65. The number of hydrazone groups is 1. The molecule has 47 heavy (non-hydrogen) atoms. The quantitative estimate of drug-likeness (QED) is 0.166. The third kappa shape index (κ3) is 5.61. The van der Waals surface area contributed by atoms with Gasteiger partial charge in [0.05, 0.1) is 38.4 Å². The van der Waals surface area contributed by atoms with Crippen LogP contribution in [-0.2, 0) is 11.2 Å². The molecule has 2 aliphatic rings. The van der Waals surface area contributed by atoms with Gasteiger partial charge in [0.1, 0.15) is 5.75 Å². The second-order valence-corrected chi connectivity index (χ2v) is 11.5. The highest BCUT2D eigenvalue weighted by molar-refractivity contribution is 6.44. The molecule has 1 unspecified atom stereocenters. The zero-order chi connectivity index (χ0) is 32.5. The molecule has 2 aliphatic heterocycles. The number of aryl methyl sites for hydroxylation is 1. The van der Waals surface area contributed by atoms with Crippen LogP contribution < -0.4 is 19.2 Å². The van der Waals surface area contributed by atoms with E-state index >= 15 is 0 Å². The van der Waals surface area contributed by atoms with Gasteiger partial charge in [-0.2, -0.15) is 5.10 Å². The number of fused-ring (bicyclic) bond motifs is 3. The van der Waals surface area contributed by atoms with Crippen LogP contribution in [0.2, 0.25) is 0 Å². The molecular weight excluding hydrogens is 590 g/mol. The number of hydrogen-bond donors (Lipinski definition) is 0. The highest BCUT2D eigenvalue weighted by Crippen LogP contribution is 2.44. The number of ether oxygens (including phenoxy) is 3. The first kappa shape index (κ1) is 29.9. The summed E-state index contributed by atoms with van der Waals surface area (Å²) in [6.07, 6.45) is 5.77. The first-order chi connectivity index (χ1) is 23.0. The Kier molecular flexibility index (Phi) is 7.95. The highest BCUT2D eigenvalue weighted by Gasteiger charge is 2.42. The molecule has 0 spiro atoms. The summed E-state index contributed by atoms with van der Waals surface area (Å²) in [4.78, 5) is 16.1. The van der Waals surface area contributed by atoms with E-state index in [2.05, 4.69) is 36.1 Å². The van der Waals surface area contributed by atoms with Crippen molar-refractivity contribution < 1.29 is 19.0 Å². The van der Waals surface area contributed by atoms with Crippen molar-refractivity contribution in [1.29, 1.82) is 0 Å². The van der Waals surface area contributed by atoms with Crippen LogP contribution in [0.1, 0.15) is 28.4 Å². The summed E-state index contributed by atoms with van der Waals surface area (Å²) >= 11 is 0. The van der Waals surface area contributed by atoms with Crippen LogP contribution in [0.25, 0.3) is 23.0 Å². The number of methoxy groups -OCH3 is 3. The molecule has 0 saturated carbocycles. The smallest absolute Gasteiger partial charge is 0.222 e. The first-order valence-electron chi connectivity index (χ1n) is 15.4. The molecule has 0 N–H and O–H groups in total. The van der Waals surface area contributed by atoms with Gasteiger partial charge in [0.2, 0.25) is 5.78 Å². The fraction of sp³-hybridized carbons (Fsp3) is 0.184. The molecule has 0 fully saturated rings. The standard InChI is InChI=1S/C38H35N5O4/c1-25-10-12-26(13-11-25)36-28(24-42(39-36)29-8-6-5-7-9-29)14-19-33(44)37-40-43(30-15-17-31(45-2)18-16-30)38-32-23-35(47-4)34(46-3)22-27(32)20-21-41(37)38/h5-19,22-24,38H,20-21H2,1-4H3/b19-14+. The van der Waals surface area contributed by atoms with Crippen LogP contribution in [0.4, 0.5) is 5.69 Å². The fourth-order valence-electron chi connectivity index (χ4n) is 6.15. The summed E-state index contributed by atoms with van der Waals surface area (Å²) in [5.74, 6) is 2.21. The topological polar surface area (TPSA) is 81.4 Å².